The van der Waals surface area contributed by atoms with Crippen molar-refractivity contribution in [2.75, 3.05) is 0 Å². The summed E-state index contributed by atoms with van der Waals surface area (Å²) in [5.74, 6) is 0.436. The van der Waals surface area contributed by atoms with Crippen LogP contribution in [-0.4, -0.2) is 5.78 Å². The number of hydrogen-bond donors (Lipinski definition) is 0. The molecular formula is C15H22OXe. The summed E-state index contributed by atoms with van der Waals surface area (Å²) in [7, 11) is 0. The van der Waals surface area contributed by atoms with Crippen molar-refractivity contribution in [1.29, 1.82) is 0 Å². The van der Waals surface area contributed by atoms with Gasteiger partial charge in [-0.1, -0.05) is 0 Å². The van der Waals surface area contributed by atoms with Gasteiger partial charge < -0.3 is 0 Å². The molecule has 0 amide bonds. The van der Waals surface area contributed by atoms with Gasteiger partial charge in [-0.25, -0.2) is 0 Å². The second kappa shape index (κ2) is 5.38. The first-order valence-corrected chi connectivity index (χ1v) is 8.65. The number of hydrogen-bond acceptors (Lipinski definition) is 1. The first kappa shape index (κ1) is 14.1. The van der Waals surface area contributed by atoms with Crippen LogP contribution in [0.2, 0.25) is 0 Å². The van der Waals surface area contributed by atoms with Crippen LogP contribution in [0.1, 0.15) is 59.8 Å². The molecule has 0 unspecified atom stereocenters. The van der Waals surface area contributed by atoms with Gasteiger partial charge in [0.1, 0.15) is 0 Å². The average Bonchev–Trinajstić information content (AvgIpc) is 2.68. The van der Waals surface area contributed by atoms with Crippen LogP contribution in [0.15, 0.2) is 11.2 Å². The van der Waals surface area contributed by atoms with Gasteiger partial charge >= 0.3 is 131 Å². The summed E-state index contributed by atoms with van der Waals surface area (Å²) in [6.07, 6.45) is 5.54. The van der Waals surface area contributed by atoms with Crippen molar-refractivity contribution in [3.63, 3.8) is 0 Å². The van der Waals surface area contributed by atoms with Gasteiger partial charge in [0.05, 0.1) is 0 Å². The Balaban J connectivity index is 2.49. The quantitative estimate of drug-likeness (QED) is 0.743. The fourth-order valence-electron chi connectivity index (χ4n) is 3.57. The molecule has 2 heteroatoms. The minimum absolute atomic E-state index is 0.196. The predicted octanol–water partition coefficient (Wildman–Crippen LogP) is 4.19. The maximum absolute atomic E-state index is 12.3. The van der Waals surface area contributed by atoms with Crippen molar-refractivity contribution in [2.24, 2.45) is 5.41 Å². The van der Waals surface area contributed by atoms with Crippen molar-refractivity contribution in [2.45, 2.75) is 59.8 Å². The van der Waals surface area contributed by atoms with E-state index in [-0.39, 0.29) is 49.6 Å². The van der Waals surface area contributed by atoms with Crippen LogP contribution in [0.5, 0.6) is 0 Å². The van der Waals surface area contributed by atoms with Crippen molar-refractivity contribution in [1.82, 2.24) is 0 Å². The summed E-state index contributed by atoms with van der Waals surface area (Å²) < 4.78 is 2.96. The van der Waals surface area contributed by atoms with Crippen LogP contribution in [0.25, 0.3) is 0 Å². The second-order valence-electron chi connectivity index (χ2n) is 5.25. The van der Waals surface area contributed by atoms with Crippen LogP contribution >= 0.6 is 0 Å². The Kier molecular flexibility index (Phi) is 4.47. The van der Waals surface area contributed by atoms with Gasteiger partial charge in [0.2, 0.25) is 0 Å². The van der Waals surface area contributed by atoms with E-state index >= 15 is 0 Å². The van der Waals surface area contributed by atoms with Crippen LogP contribution in [-0.2, 0) is 4.79 Å². The molecule has 1 aliphatic heterocycles. The summed E-state index contributed by atoms with van der Waals surface area (Å²) in [6.45, 7) is 8.93. The van der Waals surface area contributed by atoms with Gasteiger partial charge in [-0.15, -0.1) is 0 Å². The summed E-state index contributed by atoms with van der Waals surface area (Å²) in [5, 5.41) is 0. The number of carbonyl (C=O) groups excluding carboxylic acids is 1. The molecule has 2 rings (SSSR count). The molecule has 96 valence electrons. The normalized spacial score (nSPS) is 23.2. The Morgan fingerprint density at radius 3 is 2.24 bits per heavy atom. The Bertz CT molecular complexity index is 409. The monoisotopic (exact) mass is 350 g/mol. The molecule has 0 spiro atoms. The maximum atomic E-state index is 12.3. The molecule has 0 aromatic carbocycles. The standard InChI is InChI=1S/C15H22OXe/c1-5-7-15(8-6-2)9-12(16)13-10(3)17-11(4)14(13)15/h5-9H2,1-4H3. The SMILES string of the molecule is CCCC1(CCC)CC(=O)C2=C(C)[Xe]C(C)=C21. The van der Waals surface area contributed by atoms with E-state index in [2.05, 4.69) is 27.7 Å². The molecule has 0 aromatic heterocycles. The molecule has 0 aromatic rings. The van der Waals surface area contributed by atoms with Crippen LogP contribution < -0.4 is 0 Å². The zero-order chi connectivity index (χ0) is 12.6. The van der Waals surface area contributed by atoms with Crippen molar-refractivity contribution in [3.05, 3.63) is 11.2 Å². The second-order valence-corrected chi connectivity index (χ2v) is 8.78. The fraction of sp³-hybridized carbons (Fsp3) is 0.667. The van der Waals surface area contributed by atoms with E-state index in [1.165, 1.54) is 31.3 Å². The predicted molar refractivity (Wildman–Crippen MR) is 67.3 cm³/mol. The van der Waals surface area contributed by atoms with Gasteiger partial charge in [0.15, 0.2) is 0 Å². The molecule has 1 nitrogen and oxygen atoms in total. The number of carbonyl (C=O) groups is 1. The van der Waals surface area contributed by atoms with Crippen LogP contribution in [0.4, 0.5) is 0 Å². The summed E-state index contributed by atoms with van der Waals surface area (Å²) in [4.78, 5) is 12.3. The molecule has 0 radical (unpaired) electrons. The van der Waals surface area contributed by atoms with E-state index in [0.29, 0.717) is 5.78 Å². The molecule has 0 bridgehead atoms. The van der Waals surface area contributed by atoms with Crippen LogP contribution in [0.3, 0.4) is 0 Å². The third-order valence-electron chi connectivity index (χ3n) is 3.96. The number of ketones is 1. The van der Waals surface area contributed by atoms with E-state index in [9.17, 15) is 4.79 Å². The van der Waals surface area contributed by atoms with E-state index in [0.717, 1.165) is 12.0 Å². The van der Waals surface area contributed by atoms with E-state index in [1.807, 2.05) is 0 Å². The Labute approximate surface area is 129 Å². The third kappa shape index (κ3) is 2.30. The van der Waals surface area contributed by atoms with Crippen molar-refractivity contribution >= 4 is 5.78 Å². The molecule has 1 heterocycles. The van der Waals surface area contributed by atoms with E-state index in [4.69, 9.17) is 0 Å². The molecule has 1 saturated carbocycles. The number of Topliss-reactive ketones (excluding diaryl/α,β-unsaturated/α-hetero) is 1. The van der Waals surface area contributed by atoms with E-state index < -0.39 is 0 Å². The third-order valence-corrected chi connectivity index (χ3v) is 6.48. The van der Waals surface area contributed by atoms with Crippen LogP contribution in [0, 0.1) is 49.6 Å². The van der Waals surface area contributed by atoms with Gasteiger partial charge in [-0.3, -0.25) is 0 Å². The minimum atomic E-state index is 0.196. The average molecular weight is 350 g/mol. The molecule has 2 aliphatic rings. The molecule has 17 heavy (non-hydrogen) atoms. The fourth-order valence-corrected chi connectivity index (χ4v) is 6.53. The summed E-state index contributed by atoms with van der Waals surface area (Å²) in [5.41, 5.74) is 2.86. The molecule has 0 N–H and O–H groups in total. The summed E-state index contributed by atoms with van der Waals surface area (Å²) >= 11 is 0.196. The Morgan fingerprint density at radius 2 is 1.71 bits per heavy atom. The first-order chi connectivity index (χ1) is 8.05. The van der Waals surface area contributed by atoms with Gasteiger partial charge in [0, 0.05) is 0 Å². The Hall–Kier alpha value is 0.721. The number of fused-ring (bicyclic) bond motifs is 1. The zero-order valence-electron chi connectivity index (χ0n) is 11.3. The van der Waals surface area contributed by atoms with Crippen molar-refractivity contribution in [3.8, 4) is 0 Å². The number of rotatable bonds is 4. The number of allylic oxidation sites excluding steroid dienone is 4. The molecular weight excluding hydrogens is 327 g/mol. The van der Waals surface area contributed by atoms with Gasteiger partial charge in [0.25, 0.3) is 0 Å². The zero-order valence-corrected chi connectivity index (χ0v) is 13.3. The van der Waals surface area contributed by atoms with E-state index in [1.54, 1.807) is 0.0410 Å². The molecule has 0 atom stereocenters. The topological polar surface area (TPSA) is 17.1 Å². The van der Waals surface area contributed by atoms with Gasteiger partial charge in [-0.2, -0.15) is 0 Å². The summed E-state index contributed by atoms with van der Waals surface area (Å²) in [6, 6.07) is 0. The van der Waals surface area contributed by atoms with Crippen molar-refractivity contribution < 1.29 is 49.0 Å². The van der Waals surface area contributed by atoms with Gasteiger partial charge in [-0.05, 0) is 0 Å². The first-order valence-electron chi connectivity index (χ1n) is 6.64. The molecule has 0 saturated heterocycles. The Morgan fingerprint density at radius 1 is 1.12 bits per heavy atom. The molecule has 1 fully saturated rings. The molecule has 1 aliphatic carbocycles.